The van der Waals surface area contributed by atoms with E-state index in [1.807, 2.05) is 31.7 Å². The second-order valence-corrected chi connectivity index (χ2v) is 7.75. The monoisotopic (exact) mass is 389 g/mol. The van der Waals surface area contributed by atoms with Crippen LogP contribution in [-0.4, -0.2) is 23.9 Å². The molecular weight excluding hydrogens is 362 g/mol. The minimum atomic E-state index is -0.161. The van der Waals surface area contributed by atoms with Gasteiger partial charge in [0.2, 0.25) is 5.91 Å². The number of rotatable bonds is 7. The average Bonchev–Trinajstić information content (AvgIpc) is 3.28. The molecule has 0 spiro atoms. The second kappa shape index (κ2) is 9.52. The van der Waals surface area contributed by atoms with Crippen LogP contribution >= 0.6 is 11.3 Å². The summed E-state index contributed by atoms with van der Waals surface area (Å²) < 4.78 is 0. The first-order valence-corrected chi connectivity index (χ1v) is 10.7. The van der Waals surface area contributed by atoms with Crippen molar-refractivity contribution in [3.63, 3.8) is 0 Å². The third-order valence-corrected chi connectivity index (χ3v) is 5.87. The first-order chi connectivity index (χ1) is 13.6. The maximum Gasteiger partial charge on any atom is 0.229 e. The molecule has 0 saturated carbocycles. The largest absolute Gasteiger partial charge is 0.343 e. The maximum absolute atomic E-state index is 12.8. The molecule has 3 aromatic rings. The first kappa shape index (κ1) is 20.1. The standard InChI is InChI=1S/C25H27NOS/c1-4-26(5-2)25(27)19(3)18-23(24-12-9-17-28-24)22-15-13-21(14-16-22)20-10-7-6-8-11-20/h6-19H,4-5H2,1-3H3/b23-18-. The van der Waals surface area contributed by atoms with Gasteiger partial charge in [0, 0.05) is 18.0 Å². The van der Waals surface area contributed by atoms with Gasteiger partial charge in [-0.15, -0.1) is 11.3 Å². The Labute approximate surface area is 172 Å². The second-order valence-electron chi connectivity index (χ2n) is 6.80. The summed E-state index contributed by atoms with van der Waals surface area (Å²) in [6.07, 6.45) is 2.12. The number of nitrogens with zero attached hydrogens (tertiary/aromatic N) is 1. The Kier molecular flexibility index (Phi) is 6.83. The third-order valence-electron chi connectivity index (χ3n) is 4.97. The van der Waals surface area contributed by atoms with Crippen LogP contribution in [0.2, 0.25) is 0 Å². The quantitative estimate of drug-likeness (QED) is 0.461. The zero-order valence-corrected chi connectivity index (χ0v) is 17.6. The third kappa shape index (κ3) is 4.60. The number of amides is 1. The van der Waals surface area contributed by atoms with Crippen LogP contribution in [-0.2, 0) is 4.79 Å². The highest BCUT2D eigenvalue weighted by molar-refractivity contribution is 7.11. The summed E-state index contributed by atoms with van der Waals surface area (Å²) in [6, 6.07) is 23.2. The number of carbonyl (C=O) groups is 1. The average molecular weight is 390 g/mol. The molecule has 0 fully saturated rings. The molecule has 1 amide bonds. The molecule has 0 N–H and O–H groups in total. The summed E-state index contributed by atoms with van der Waals surface area (Å²) in [4.78, 5) is 15.8. The van der Waals surface area contributed by atoms with Gasteiger partial charge in [-0.05, 0) is 47.6 Å². The van der Waals surface area contributed by atoms with Gasteiger partial charge in [0.05, 0.1) is 5.92 Å². The van der Waals surface area contributed by atoms with Gasteiger partial charge in [-0.3, -0.25) is 4.79 Å². The molecule has 28 heavy (non-hydrogen) atoms. The van der Waals surface area contributed by atoms with Crippen LogP contribution in [0, 0.1) is 5.92 Å². The number of hydrogen-bond donors (Lipinski definition) is 0. The van der Waals surface area contributed by atoms with E-state index in [4.69, 9.17) is 0 Å². The van der Waals surface area contributed by atoms with Gasteiger partial charge in [-0.25, -0.2) is 0 Å². The van der Waals surface area contributed by atoms with Gasteiger partial charge >= 0.3 is 0 Å². The van der Waals surface area contributed by atoms with E-state index in [2.05, 4.69) is 72.1 Å². The predicted octanol–water partition coefficient (Wildman–Crippen LogP) is 6.35. The van der Waals surface area contributed by atoms with E-state index in [-0.39, 0.29) is 11.8 Å². The maximum atomic E-state index is 12.8. The van der Waals surface area contributed by atoms with Gasteiger partial charge in [0.15, 0.2) is 0 Å². The molecule has 0 aliphatic rings. The lowest BCUT2D eigenvalue weighted by molar-refractivity contribution is -0.133. The molecule has 1 unspecified atom stereocenters. The molecule has 1 heterocycles. The highest BCUT2D eigenvalue weighted by Gasteiger charge is 2.18. The van der Waals surface area contributed by atoms with Crippen molar-refractivity contribution >= 4 is 22.8 Å². The van der Waals surface area contributed by atoms with Crippen molar-refractivity contribution in [2.45, 2.75) is 20.8 Å². The fourth-order valence-corrected chi connectivity index (χ4v) is 4.14. The molecule has 0 saturated heterocycles. The van der Waals surface area contributed by atoms with Crippen molar-refractivity contribution in [3.05, 3.63) is 88.6 Å². The molecular formula is C25H27NOS. The van der Waals surface area contributed by atoms with E-state index in [1.165, 1.54) is 16.0 Å². The molecule has 2 aromatic carbocycles. The van der Waals surface area contributed by atoms with E-state index >= 15 is 0 Å². The SMILES string of the molecule is CCN(CC)C(=O)C(C)/C=C(/c1ccc(-c2ccccc2)cc1)c1cccs1. The lowest BCUT2D eigenvalue weighted by Gasteiger charge is -2.22. The summed E-state index contributed by atoms with van der Waals surface area (Å²) in [7, 11) is 0. The Morgan fingerprint density at radius 3 is 2.14 bits per heavy atom. The molecule has 1 aromatic heterocycles. The summed E-state index contributed by atoms with van der Waals surface area (Å²) in [5.41, 5.74) is 4.67. The smallest absolute Gasteiger partial charge is 0.229 e. The highest BCUT2D eigenvalue weighted by Crippen LogP contribution is 2.30. The lowest BCUT2D eigenvalue weighted by atomic mass is 9.96. The van der Waals surface area contributed by atoms with E-state index in [0.29, 0.717) is 0 Å². The molecule has 2 nitrogen and oxygen atoms in total. The van der Waals surface area contributed by atoms with Crippen LogP contribution in [0.15, 0.2) is 78.2 Å². The molecule has 0 radical (unpaired) electrons. The van der Waals surface area contributed by atoms with Crippen LogP contribution < -0.4 is 0 Å². The van der Waals surface area contributed by atoms with Gasteiger partial charge in [-0.2, -0.15) is 0 Å². The Hall–Kier alpha value is -2.65. The van der Waals surface area contributed by atoms with Crippen LogP contribution in [0.4, 0.5) is 0 Å². The van der Waals surface area contributed by atoms with Crippen molar-refractivity contribution in [3.8, 4) is 11.1 Å². The minimum absolute atomic E-state index is 0.161. The molecule has 0 aliphatic carbocycles. The number of thiophene rings is 1. The molecule has 3 heteroatoms. The van der Waals surface area contributed by atoms with E-state index < -0.39 is 0 Å². The number of carbonyl (C=O) groups excluding carboxylic acids is 1. The van der Waals surface area contributed by atoms with Gasteiger partial charge in [0.25, 0.3) is 0 Å². The Morgan fingerprint density at radius 1 is 0.929 bits per heavy atom. The lowest BCUT2D eigenvalue weighted by Crippen LogP contribution is -2.34. The highest BCUT2D eigenvalue weighted by atomic mass is 32.1. The Morgan fingerprint density at radius 2 is 1.57 bits per heavy atom. The Balaban J connectivity index is 1.94. The molecule has 0 bridgehead atoms. The van der Waals surface area contributed by atoms with Crippen molar-refractivity contribution in [1.82, 2.24) is 4.90 Å². The van der Waals surface area contributed by atoms with Crippen molar-refractivity contribution in [1.29, 1.82) is 0 Å². The zero-order valence-electron chi connectivity index (χ0n) is 16.8. The van der Waals surface area contributed by atoms with E-state index in [0.717, 1.165) is 24.2 Å². The van der Waals surface area contributed by atoms with E-state index in [9.17, 15) is 4.79 Å². The van der Waals surface area contributed by atoms with E-state index in [1.54, 1.807) is 11.3 Å². The summed E-state index contributed by atoms with van der Waals surface area (Å²) in [6.45, 7) is 7.54. The summed E-state index contributed by atoms with van der Waals surface area (Å²) in [5.74, 6) is 0.0192. The van der Waals surface area contributed by atoms with Gasteiger partial charge in [-0.1, -0.05) is 73.7 Å². The zero-order chi connectivity index (χ0) is 19.9. The summed E-state index contributed by atoms with van der Waals surface area (Å²) in [5, 5.41) is 2.08. The van der Waals surface area contributed by atoms with Crippen LogP contribution in [0.3, 0.4) is 0 Å². The van der Waals surface area contributed by atoms with Crippen molar-refractivity contribution < 1.29 is 4.79 Å². The molecule has 0 aliphatic heterocycles. The summed E-state index contributed by atoms with van der Waals surface area (Å²) >= 11 is 1.71. The van der Waals surface area contributed by atoms with Crippen molar-refractivity contribution in [2.24, 2.45) is 5.92 Å². The van der Waals surface area contributed by atoms with Crippen LogP contribution in [0.1, 0.15) is 31.2 Å². The Bertz CT molecular complexity index is 907. The molecule has 144 valence electrons. The topological polar surface area (TPSA) is 20.3 Å². The molecule has 3 rings (SSSR count). The fraction of sp³-hybridized carbons (Fsp3) is 0.240. The molecule has 1 atom stereocenters. The normalized spacial score (nSPS) is 12.6. The number of hydrogen-bond acceptors (Lipinski definition) is 2. The minimum Gasteiger partial charge on any atom is -0.343 e. The van der Waals surface area contributed by atoms with Crippen molar-refractivity contribution in [2.75, 3.05) is 13.1 Å². The number of benzene rings is 2. The first-order valence-electron chi connectivity index (χ1n) is 9.84. The fourth-order valence-electron chi connectivity index (χ4n) is 3.37. The predicted molar refractivity (Wildman–Crippen MR) is 120 cm³/mol. The van der Waals surface area contributed by atoms with Gasteiger partial charge in [0.1, 0.15) is 0 Å². The van der Waals surface area contributed by atoms with Crippen LogP contribution in [0.5, 0.6) is 0 Å². The van der Waals surface area contributed by atoms with Gasteiger partial charge < -0.3 is 4.90 Å². The van der Waals surface area contributed by atoms with Crippen LogP contribution in [0.25, 0.3) is 16.7 Å².